The number of benzene rings is 2. The molecule has 3 rings (SSSR count). The van der Waals surface area contributed by atoms with Crippen molar-refractivity contribution in [3.63, 3.8) is 0 Å². The Kier molecular flexibility index (Phi) is 5.14. The lowest BCUT2D eigenvalue weighted by molar-refractivity contribution is 0.0522. The molecular weight excluding hydrogens is 356 g/mol. The van der Waals surface area contributed by atoms with Gasteiger partial charge in [-0.05, 0) is 49.4 Å². The molecule has 0 aliphatic rings. The van der Waals surface area contributed by atoms with Crippen molar-refractivity contribution in [2.75, 3.05) is 19.0 Å². The number of fused-ring (bicyclic) bond motifs is 1. The van der Waals surface area contributed by atoms with Gasteiger partial charge in [0.05, 0.1) is 19.4 Å². The van der Waals surface area contributed by atoms with Crippen molar-refractivity contribution in [2.45, 2.75) is 6.92 Å². The fraction of sp³-hybridized carbons (Fsp3) is 0.158. The Morgan fingerprint density at radius 1 is 1.15 bits per heavy atom. The number of halogens is 1. The van der Waals surface area contributed by atoms with E-state index in [0.29, 0.717) is 32.9 Å². The highest BCUT2D eigenvalue weighted by Gasteiger charge is 2.21. The van der Waals surface area contributed by atoms with Crippen LogP contribution in [-0.2, 0) is 4.74 Å². The van der Waals surface area contributed by atoms with E-state index in [2.05, 4.69) is 10.3 Å². The van der Waals surface area contributed by atoms with Gasteiger partial charge in [0.25, 0.3) is 5.91 Å². The van der Waals surface area contributed by atoms with E-state index in [1.807, 2.05) is 0 Å². The number of carbonyl (C=O) groups excluding carboxylic acids is 2. The van der Waals surface area contributed by atoms with Crippen LogP contribution in [0.1, 0.15) is 27.8 Å². The molecule has 3 aromatic rings. The van der Waals surface area contributed by atoms with Gasteiger partial charge >= 0.3 is 5.97 Å². The molecule has 0 aliphatic carbocycles. The fourth-order valence-electron chi connectivity index (χ4n) is 2.57. The highest BCUT2D eigenvalue weighted by atomic mass is 35.5. The number of anilines is 1. The normalized spacial score (nSPS) is 10.6. The van der Waals surface area contributed by atoms with E-state index in [4.69, 9.17) is 21.1 Å². The van der Waals surface area contributed by atoms with Gasteiger partial charge in [0.1, 0.15) is 11.4 Å². The van der Waals surface area contributed by atoms with E-state index in [0.717, 1.165) is 0 Å². The van der Waals surface area contributed by atoms with Gasteiger partial charge in [-0.1, -0.05) is 11.6 Å². The lowest BCUT2D eigenvalue weighted by atomic mass is 10.1. The van der Waals surface area contributed by atoms with Crippen LogP contribution in [0.3, 0.4) is 0 Å². The van der Waals surface area contributed by atoms with Crippen molar-refractivity contribution in [1.82, 2.24) is 4.98 Å². The molecule has 0 atom stereocenters. The van der Waals surface area contributed by atoms with Crippen LogP contribution >= 0.6 is 11.6 Å². The topological polar surface area (TPSA) is 80.4 Å². The van der Waals surface area contributed by atoms with Gasteiger partial charge in [0.15, 0.2) is 0 Å². The molecule has 6 nitrogen and oxygen atoms in total. The zero-order valence-corrected chi connectivity index (χ0v) is 15.0. The molecule has 1 heterocycles. The lowest BCUT2D eigenvalue weighted by Crippen LogP contribution is -2.15. The predicted molar refractivity (Wildman–Crippen MR) is 100 cm³/mol. The van der Waals surface area contributed by atoms with E-state index in [9.17, 15) is 9.59 Å². The first-order valence-corrected chi connectivity index (χ1v) is 8.35. The minimum absolute atomic E-state index is 0.178. The largest absolute Gasteiger partial charge is 0.497 e. The Morgan fingerprint density at radius 3 is 2.54 bits per heavy atom. The first-order valence-electron chi connectivity index (χ1n) is 7.97. The quantitative estimate of drug-likeness (QED) is 0.656. The monoisotopic (exact) mass is 372 g/mol. The van der Waals surface area contributed by atoms with Crippen molar-refractivity contribution in [3.05, 3.63) is 58.7 Å². The smallest absolute Gasteiger partial charge is 0.356 e. The first-order chi connectivity index (χ1) is 12.5. The summed E-state index contributed by atoms with van der Waals surface area (Å²) in [5.74, 6) is -0.307. The van der Waals surface area contributed by atoms with Gasteiger partial charge in [0, 0.05) is 21.5 Å². The molecule has 2 aromatic carbocycles. The maximum absolute atomic E-state index is 12.6. The second-order valence-electron chi connectivity index (χ2n) is 5.47. The SMILES string of the molecule is CCOC(=O)c1[nH]c2ccc(OC)cc2c1NC(=O)c1ccc(Cl)cc1. The van der Waals surface area contributed by atoms with Crippen LogP contribution < -0.4 is 10.1 Å². The predicted octanol–water partition coefficient (Wildman–Crippen LogP) is 4.26. The number of esters is 1. The molecule has 0 radical (unpaired) electrons. The molecule has 0 saturated heterocycles. The van der Waals surface area contributed by atoms with Gasteiger partial charge in [-0.25, -0.2) is 4.79 Å². The molecule has 1 amide bonds. The lowest BCUT2D eigenvalue weighted by Gasteiger charge is -2.08. The van der Waals surface area contributed by atoms with Crippen LogP contribution in [0.4, 0.5) is 5.69 Å². The van der Waals surface area contributed by atoms with Crippen LogP contribution in [0.5, 0.6) is 5.75 Å². The van der Waals surface area contributed by atoms with E-state index in [-0.39, 0.29) is 18.2 Å². The summed E-state index contributed by atoms with van der Waals surface area (Å²) in [6.07, 6.45) is 0. The number of nitrogens with one attached hydrogen (secondary N) is 2. The summed E-state index contributed by atoms with van der Waals surface area (Å²) in [4.78, 5) is 27.9. The van der Waals surface area contributed by atoms with Gasteiger partial charge in [0.2, 0.25) is 0 Å². The standard InChI is InChI=1S/C19H17ClN2O4/c1-3-26-19(24)17-16(14-10-13(25-2)8-9-15(14)21-17)22-18(23)11-4-6-12(20)7-5-11/h4-10,21H,3H2,1-2H3,(H,22,23). The average Bonchev–Trinajstić information content (AvgIpc) is 3.00. The van der Waals surface area contributed by atoms with Crippen molar-refractivity contribution in [1.29, 1.82) is 0 Å². The van der Waals surface area contributed by atoms with Crippen LogP contribution in [0.2, 0.25) is 5.02 Å². The van der Waals surface area contributed by atoms with Crippen molar-refractivity contribution >= 4 is 40.1 Å². The third kappa shape index (κ3) is 3.50. The molecule has 1 aromatic heterocycles. The number of H-pyrrole nitrogens is 1. The Bertz CT molecular complexity index is 964. The molecule has 26 heavy (non-hydrogen) atoms. The number of methoxy groups -OCH3 is 1. The average molecular weight is 373 g/mol. The molecule has 2 N–H and O–H groups in total. The molecule has 0 saturated carbocycles. The van der Waals surface area contributed by atoms with Crippen molar-refractivity contribution in [2.24, 2.45) is 0 Å². The van der Waals surface area contributed by atoms with Gasteiger partial charge in [-0.15, -0.1) is 0 Å². The number of rotatable bonds is 5. The summed E-state index contributed by atoms with van der Waals surface area (Å²) in [5, 5.41) is 3.97. The molecular formula is C19H17ClN2O4. The van der Waals surface area contributed by atoms with E-state index >= 15 is 0 Å². The number of ether oxygens (including phenoxy) is 2. The first kappa shape index (κ1) is 17.8. The second-order valence-corrected chi connectivity index (χ2v) is 5.90. The van der Waals surface area contributed by atoms with E-state index in [1.54, 1.807) is 56.5 Å². The van der Waals surface area contributed by atoms with E-state index < -0.39 is 5.97 Å². The summed E-state index contributed by atoms with van der Waals surface area (Å²) in [6.45, 7) is 1.94. The summed E-state index contributed by atoms with van der Waals surface area (Å²) in [6, 6.07) is 11.7. The summed E-state index contributed by atoms with van der Waals surface area (Å²) in [7, 11) is 1.55. The molecule has 0 fully saturated rings. The number of amides is 1. The highest BCUT2D eigenvalue weighted by Crippen LogP contribution is 2.32. The van der Waals surface area contributed by atoms with Crippen molar-refractivity contribution < 1.29 is 19.1 Å². The van der Waals surface area contributed by atoms with Crippen LogP contribution in [-0.4, -0.2) is 30.6 Å². The number of hydrogen-bond acceptors (Lipinski definition) is 4. The van der Waals surface area contributed by atoms with Gasteiger partial charge in [-0.2, -0.15) is 0 Å². The van der Waals surface area contributed by atoms with Crippen molar-refractivity contribution in [3.8, 4) is 5.75 Å². The van der Waals surface area contributed by atoms with Crippen LogP contribution in [0.15, 0.2) is 42.5 Å². The number of carbonyl (C=O) groups is 2. The Labute approximate surface area is 155 Å². The third-order valence-electron chi connectivity index (χ3n) is 3.83. The zero-order valence-electron chi connectivity index (χ0n) is 14.3. The third-order valence-corrected chi connectivity index (χ3v) is 4.08. The second kappa shape index (κ2) is 7.49. The molecule has 0 aliphatic heterocycles. The van der Waals surface area contributed by atoms with E-state index in [1.165, 1.54) is 0 Å². The summed E-state index contributed by atoms with van der Waals surface area (Å²) >= 11 is 5.86. The molecule has 0 spiro atoms. The maximum atomic E-state index is 12.6. The minimum Gasteiger partial charge on any atom is -0.497 e. The number of aromatic amines is 1. The van der Waals surface area contributed by atoms with Gasteiger partial charge in [-0.3, -0.25) is 4.79 Å². The Balaban J connectivity index is 2.05. The number of hydrogen-bond donors (Lipinski definition) is 2. The highest BCUT2D eigenvalue weighted by molar-refractivity contribution is 6.30. The molecule has 7 heteroatoms. The van der Waals surface area contributed by atoms with Crippen LogP contribution in [0.25, 0.3) is 10.9 Å². The Hall–Kier alpha value is -2.99. The van der Waals surface area contributed by atoms with Gasteiger partial charge < -0.3 is 19.8 Å². The fourth-order valence-corrected chi connectivity index (χ4v) is 2.70. The number of aromatic nitrogens is 1. The Morgan fingerprint density at radius 2 is 1.88 bits per heavy atom. The molecule has 0 bridgehead atoms. The van der Waals surface area contributed by atoms with Crippen LogP contribution in [0, 0.1) is 0 Å². The zero-order chi connectivity index (χ0) is 18.7. The summed E-state index contributed by atoms with van der Waals surface area (Å²) in [5.41, 5.74) is 1.62. The molecule has 134 valence electrons. The summed E-state index contributed by atoms with van der Waals surface area (Å²) < 4.78 is 10.3. The minimum atomic E-state index is -0.547. The maximum Gasteiger partial charge on any atom is 0.356 e. The molecule has 0 unspecified atom stereocenters.